The summed E-state index contributed by atoms with van der Waals surface area (Å²) in [4.78, 5) is 14.7. The molecule has 0 saturated carbocycles. The van der Waals surface area contributed by atoms with Gasteiger partial charge in [-0.3, -0.25) is 0 Å². The van der Waals surface area contributed by atoms with Crippen molar-refractivity contribution in [2.45, 2.75) is 0 Å². The monoisotopic (exact) mass is 228 g/mol. The van der Waals surface area contributed by atoms with Crippen molar-refractivity contribution < 1.29 is 14.6 Å². The summed E-state index contributed by atoms with van der Waals surface area (Å²) in [7, 11) is 0. The molecule has 0 spiro atoms. The third-order valence-electron chi connectivity index (χ3n) is 2.54. The van der Waals surface area contributed by atoms with E-state index in [9.17, 15) is 4.79 Å². The van der Waals surface area contributed by atoms with Crippen molar-refractivity contribution >= 4 is 22.4 Å². The molecule has 2 aromatic rings. The summed E-state index contributed by atoms with van der Waals surface area (Å²) < 4.78 is 5.32. The van der Waals surface area contributed by atoms with Crippen LogP contribution in [0, 0.1) is 0 Å². The molecular formula is C12H8N2O3. The lowest BCUT2D eigenvalue weighted by molar-refractivity contribution is 0.0690. The number of pyridine rings is 1. The molecular weight excluding hydrogens is 220 g/mol. The van der Waals surface area contributed by atoms with Crippen molar-refractivity contribution in [3.8, 4) is 5.75 Å². The lowest BCUT2D eigenvalue weighted by atomic mass is 10.1. The van der Waals surface area contributed by atoms with Crippen LogP contribution in [0.1, 0.15) is 10.5 Å². The number of anilines is 1. The number of carbonyl (C=O) groups is 1. The topological polar surface area (TPSA) is 71.5 Å². The van der Waals surface area contributed by atoms with Crippen LogP contribution in [0.5, 0.6) is 5.75 Å². The Labute approximate surface area is 96.4 Å². The van der Waals surface area contributed by atoms with Crippen LogP contribution in [0.2, 0.25) is 0 Å². The molecule has 3 rings (SSSR count). The fraction of sp³-hybridized carbons (Fsp3) is 0. The highest BCUT2D eigenvalue weighted by atomic mass is 16.5. The van der Waals surface area contributed by atoms with Crippen LogP contribution in [-0.4, -0.2) is 16.1 Å². The Hall–Kier alpha value is -2.56. The van der Waals surface area contributed by atoms with Crippen LogP contribution < -0.4 is 10.1 Å². The van der Waals surface area contributed by atoms with Crippen molar-refractivity contribution in [2.75, 3.05) is 5.32 Å². The van der Waals surface area contributed by atoms with E-state index in [0.29, 0.717) is 5.75 Å². The molecule has 0 saturated heterocycles. The molecule has 1 aromatic carbocycles. The van der Waals surface area contributed by atoms with E-state index in [1.54, 1.807) is 12.5 Å². The fourth-order valence-corrected chi connectivity index (χ4v) is 1.73. The first-order chi connectivity index (χ1) is 8.24. The molecule has 0 atom stereocenters. The number of aromatic nitrogens is 1. The molecule has 1 aliphatic rings. The number of carboxylic acid groups (broad SMARTS) is 1. The van der Waals surface area contributed by atoms with Gasteiger partial charge < -0.3 is 15.2 Å². The number of nitrogens with zero attached hydrogens (tertiary/aromatic N) is 1. The van der Waals surface area contributed by atoms with E-state index >= 15 is 0 Å². The second-order valence-electron chi connectivity index (χ2n) is 3.64. The van der Waals surface area contributed by atoms with Crippen LogP contribution in [0.25, 0.3) is 10.8 Å². The van der Waals surface area contributed by atoms with Crippen LogP contribution in [0.15, 0.2) is 36.9 Å². The normalized spacial score (nSPS) is 12.7. The highest BCUT2D eigenvalue weighted by molar-refractivity contribution is 5.94. The molecule has 0 aliphatic carbocycles. The second kappa shape index (κ2) is 3.48. The molecule has 84 valence electrons. The van der Waals surface area contributed by atoms with Gasteiger partial charge in [0, 0.05) is 17.8 Å². The highest BCUT2D eigenvalue weighted by Crippen LogP contribution is 2.32. The van der Waals surface area contributed by atoms with E-state index in [1.165, 1.54) is 12.3 Å². The van der Waals surface area contributed by atoms with Crippen LogP contribution in [0.3, 0.4) is 0 Å². The molecule has 0 amide bonds. The van der Waals surface area contributed by atoms with Gasteiger partial charge in [-0.2, -0.15) is 0 Å². The van der Waals surface area contributed by atoms with E-state index in [2.05, 4.69) is 10.3 Å². The second-order valence-corrected chi connectivity index (χ2v) is 3.64. The van der Waals surface area contributed by atoms with E-state index in [-0.39, 0.29) is 5.69 Å². The number of aromatic carboxylic acids is 1. The third-order valence-corrected chi connectivity index (χ3v) is 2.54. The Morgan fingerprint density at radius 2 is 2.18 bits per heavy atom. The molecule has 2 N–H and O–H groups in total. The smallest absolute Gasteiger partial charge is 0.354 e. The number of hydrogen-bond acceptors (Lipinski definition) is 4. The Morgan fingerprint density at radius 3 is 3.00 bits per heavy atom. The summed E-state index contributed by atoms with van der Waals surface area (Å²) >= 11 is 0. The summed E-state index contributed by atoms with van der Waals surface area (Å²) in [5.41, 5.74) is 0.840. The molecule has 1 aliphatic heterocycles. The number of benzene rings is 1. The van der Waals surface area contributed by atoms with Crippen molar-refractivity contribution in [3.05, 3.63) is 42.6 Å². The summed E-state index contributed by atoms with van der Waals surface area (Å²) in [6.45, 7) is 0. The van der Waals surface area contributed by atoms with Crippen molar-refractivity contribution in [2.24, 2.45) is 0 Å². The van der Waals surface area contributed by atoms with Gasteiger partial charge in [0.05, 0.1) is 5.69 Å². The van der Waals surface area contributed by atoms with Crippen LogP contribution in [0.4, 0.5) is 5.69 Å². The Bertz CT molecular complexity index is 649. The molecule has 5 nitrogen and oxygen atoms in total. The van der Waals surface area contributed by atoms with Gasteiger partial charge in [0.2, 0.25) is 0 Å². The predicted octanol–water partition coefficient (Wildman–Crippen LogP) is 2.21. The van der Waals surface area contributed by atoms with Crippen molar-refractivity contribution in [3.63, 3.8) is 0 Å². The Balaban J connectivity index is 2.21. The van der Waals surface area contributed by atoms with E-state index < -0.39 is 5.97 Å². The average molecular weight is 228 g/mol. The quantitative estimate of drug-likeness (QED) is 0.782. The first-order valence-electron chi connectivity index (χ1n) is 4.99. The number of rotatable bonds is 1. The molecule has 2 heterocycles. The fourth-order valence-electron chi connectivity index (χ4n) is 1.73. The minimum absolute atomic E-state index is 0.0321. The van der Waals surface area contributed by atoms with E-state index in [1.807, 2.05) is 12.1 Å². The third kappa shape index (κ3) is 1.57. The standard InChI is InChI=1S/C12H8N2O3/c15-12(16)10-4-7-3-9-11(17-2-1-13-9)5-8(7)6-14-10/h1-6,13H,(H,15,16). The minimum atomic E-state index is -1.03. The van der Waals surface area contributed by atoms with E-state index in [4.69, 9.17) is 9.84 Å². The Morgan fingerprint density at radius 1 is 1.29 bits per heavy atom. The summed E-state index contributed by atoms with van der Waals surface area (Å²) in [5.74, 6) is -0.335. The summed E-state index contributed by atoms with van der Waals surface area (Å²) in [6, 6.07) is 5.19. The molecule has 5 heteroatoms. The zero-order valence-corrected chi connectivity index (χ0v) is 8.68. The molecule has 17 heavy (non-hydrogen) atoms. The zero-order chi connectivity index (χ0) is 11.8. The number of ether oxygens (including phenoxy) is 1. The minimum Gasteiger partial charge on any atom is -0.477 e. The first kappa shape index (κ1) is 9.65. The number of nitrogens with one attached hydrogen (secondary N) is 1. The van der Waals surface area contributed by atoms with Crippen molar-refractivity contribution in [1.82, 2.24) is 4.98 Å². The van der Waals surface area contributed by atoms with Gasteiger partial charge in [-0.15, -0.1) is 0 Å². The molecule has 0 bridgehead atoms. The average Bonchev–Trinajstić information content (AvgIpc) is 2.35. The van der Waals surface area contributed by atoms with E-state index in [0.717, 1.165) is 16.5 Å². The van der Waals surface area contributed by atoms with Gasteiger partial charge in [0.1, 0.15) is 12.0 Å². The van der Waals surface area contributed by atoms with Gasteiger partial charge in [0.15, 0.2) is 5.75 Å². The zero-order valence-electron chi connectivity index (χ0n) is 8.68. The number of carboxylic acids is 1. The molecule has 0 fully saturated rings. The maximum atomic E-state index is 10.8. The van der Waals surface area contributed by atoms with Gasteiger partial charge in [0.25, 0.3) is 0 Å². The van der Waals surface area contributed by atoms with Crippen LogP contribution >= 0.6 is 0 Å². The predicted molar refractivity (Wildman–Crippen MR) is 62.1 cm³/mol. The maximum absolute atomic E-state index is 10.8. The van der Waals surface area contributed by atoms with Crippen molar-refractivity contribution in [1.29, 1.82) is 0 Å². The molecule has 0 radical (unpaired) electrons. The maximum Gasteiger partial charge on any atom is 0.354 e. The molecule has 0 unspecified atom stereocenters. The molecule has 1 aromatic heterocycles. The van der Waals surface area contributed by atoms with Gasteiger partial charge in [-0.05, 0) is 23.6 Å². The first-order valence-corrected chi connectivity index (χ1v) is 4.99. The lowest BCUT2D eigenvalue weighted by Gasteiger charge is -2.14. The lowest BCUT2D eigenvalue weighted by Crippen LogP contribution is -2.01. The number of fused-ring (bicyclic) bond motifs is 2. The van der Waals surface area contributed by atoms with Gasteiger partial charge >= 0.3 is 5.97 Å². The summed E-state index contributed by atoms with van der Waals surface area (Å²) in [6.07, 6.45) is 4.75. The number of hydrogen-bond donors (Lipinski definition) is 2. The summed E-state index contributed by atoms with van der Waals surface area (Å²) in [5, 5.41) is 13.5. The SMILES string of the molecule is O=C(O)c1cc2cc3c(cc2cn1)OC=CN3. The van der Waals surface area contributed by atoms with Crippen LogP contribution in [-0.2, 0) is 0 Å². The highest BCUT2D eigenvalue weighted by Gasteiger charge is 2.10. The largest absolute Gasteiger partial charge is 0.477 e. The Kier molecular flexibility index (Phi) is 1.98. The van der Waals surface area contributed by atoms with Gasteiger partial charge in [-0.25, -0.2) is 9.78 Å². The van der Waals surface area contributed by atoms with Gasteiger partial charge in [-0.1, -0.05) is 0 Å².